The standard InChI is InChI=1S/C23H35N3O4/c1-15-11-26(12-16(2)30-15)22(29)19-14-25(17-9-7-6-8-10-17)13-18(20(19)27)21(28)24-23(3,4)5/h13-17H,6-12H2,1-5H3,(H,24,28)/t15-,16+. The van der Waals surface area contributed by atoms with Crippen molar-refractivity contribution in [2.45, 2.75) is 90.5 Å². The van der Waals surface area contributed by atoms with Gasteiger partial charge in [0.1, 0.15) is 11.1 Å². The number of morpholine rings is 1. The average Bonchev–Trinajstić information content (AvgIpc) is 2.66. The summed E-state index contributed by atoms with van der Waals surface area (Å²) in [5.74, 6) is -0.757. The van der Waals surface area contributed by atoms with Crippen molar-refractivity contribution >= 4 is 11.8 Å². The van der Waals surface area contributed by atoms with Gasteiger partial charge in [-0.3, -0.25) is 14.4 Å². The number of rotatable bonds is 3. The van der Waals surface area contributed by atoms with E-state index in [1.165, 1.54) is 6.42 Å². The highest BCUT2D eigenvalue weighted by atomic mass is 16.5. The van der Waals surface area contributed by atoms with Crippen LogP contribution >= 0.6 is 0 Å². The summed E-state index contributed by atoms with van der Waals surface area (Å²) in [7, 11) is 0. The molecule has 30 heavy (non-hydrogen) atoms. The van der Waals surface area contributed by atoms with Crippen LogP contribution in [-0.4, -0.2) is 52.1 Å². The Morgan fingerprint density at radius 1 is 1.00 bits per heavy atom. The number of ether oxygens (including phenoxy) is 1. The molecule has 2 atom stereocenters. The first-order valence-electron chi connectivity index (χ1n) is 11.1. The number of nitrogens with one attached hydrogen (secondary N) is 1. The molecule has 0 bridgehead atoms. The van der Waals surface area contributed by atoms with Crippen molar-refractivity contribution in [2.75, 3.05) is 13.1 Å². The topological polar surface area (TPSA) is 80.6 Å². The number of carbonyl (C=O) groups excluding carboxylic acids is 2. The summed E-state index contributed by atoms with van der Waals surface area (Å²) in [5, 5.41) is 2.87. The van der Waals surface area contributed by atoms with Crippen molar-refractivity contribution in [1.29, 1.82) is 0 Å². The van der Waals surface area contributed by atoms with Gasteiger partial charge in [0.05, 0.1) is 12.2 Å². The molecule has 0 aromatic carbocycles. The average molecular weight is 418 g/mol. The van der Waals surface area contributed by atoms with Crippen LogP contribution in [0.25, 0.3) is 0 Å². The van der Waals surface area contributed by atoms with Gasteiger partial charge in [-0.2, -0.15) is 0 Å². The Morgan fingerprint density at radius 3 is 2.13 bits per heavy atom. The second-order valence-corrected chi connectivity index (χ2v) is 9.83. The maximum absolute atomic E-state index is 13.3. The molecule has 3 rings (SSSR count). The zero-order chi connectivity index (χ0) is 22.1. The highest BCUT2D eigenvalue weighted by Gasteiger charge is 2.30. The van der Waals surface area contributed by atoms with Crippen LogP contribution in [0.2, 0.25) is 0 Å². The first kappa shape index (κ1) is 22.5. The first-order valence-corrected chi connectivity index (χ1v) is 11.1. The normalized spacial score (nSPS) is 23.3. The minimum absolute atomic E-state index is 0.0377. The number of amides is 2. The zero-order valence-electron chi connectivity index (χ0n) is 18.9. The molecule has 166 valence electrons. The van der Waals surface area contributed by atoms with Crippen molar-refractivity contribution < 1.29 is 14.3 Å². The molecule has 1 aliphatic carbocycles. The van der Waals surface area contributed by atoms with Gasteiger partial charge in [0, 0.05) is 37.1 Å². The van der Waals surface area contributed by atoms with E-state index in [1.807, 2.05) is 39.2 Å². The van der Waals surface area contributed by atoms with Crippen molar-refractivity contribution in [3.63, 3.8) is 0 Å². The molecule has 1 aliphatic heterocycles. The van der Waals surface area contributed by atoms with Gasteiger partial charge < -0.3 is 19.5 Å². The molecule has 7 heteroatoms. The summed E-state index contributed by atoms with van der Waals surface area (Å²) < 4.78 is 7.66. The Kier molecular flexibility index (Phi) is 6.70. The largest absolute Gasteiger partial charge is 0.372 e. The van der Waals surface area contributed by atoms with E-state index in [9.17, 15) is 14.4 Å². The summed E-state index contributed by atoms with van der Waals surface area (Å²) in [4.78, 5) is 41.1. The van der Waals surface area contributed by atoms with Crippen molar-refractivity contribution in [3.05, 3.63) is 33.7 Å². The van der Waals surface area contributed by atoms with Gasteiger partial charge in [0.25, 0.3) is 11.8 Å². The van der Waals surface area contributed by atoms with E-state index in [0.717, 1.165) is 25.7 Å². The number of nitrogens with zero attached hydrogens (tertiary/aromatic N) is 2. The molecule has 2 amide bonds. The predicted molar refractivity (Wildman–Crippen MR) is 116 cm³/mol. The highest BCUT2D eigenvalue weighted by molar-refractivity contribution is 5.99. The van der Waals surface area contributed by atoms with Crippen LogP contribution in [0.3, 0.4) is 0 Å². The maximum Gasteiger partial charge on any atom is 0.259 e. The van der Waals surface area contributed by atoms with Gasteiger partial charge >= 0.3 is 0 Å². The SMILES string of the molecule is C[C@@H]1CN(C(=O)c2cn(C3CCCCC3)cc(C(=O)NC(C)(C)C)c2=O)C[C@H](C)O1. The van der Waals surface area contributed by atoms with E-state index >= 15 is 0 Å². The minimum Gasteiger partial charge on any atom is -0.372 e. The molecule has 7 nitrogen and oxygen atoms in total. The van der Waals surface area contributed by atoms with Crippen LogP contribution in [0.15, 0.2) is 17.2 Å². The molecular formula is C23H35N3O4. The Bertz CT molecular complexity index is 839. The smallest absolute Gasteiger partial charge is 0.259 e. The molecule has 1 aromatic heterocycles. The van der Waals surface area contributed by atoms with Crippen molar-refractivity contribution in [3.8, 4) is 0 Å². The van der Waals surface area contributed by atoms with Gasteiger partial charge in [-0.05, 0) is 47.5 Å². The lowest BCUT2D eigenvalue weighted by Gasteiger charge is -2.35. The molecule has 2 aliphatic rings. The Labute approximate surface area is 178 Å². The highest BCUT2D eigenvalue weighted by Crippen LogP contribution is 2.28. The maximum atomic E-state index is 13.3. The van der Waals surface area contributed by atoms with Crippen LogP contribution in [-0.2, 0) is 4.74 Å². The van der Waals surface area contributed by atoms with Crippen LogP contribution in [0.5, 0.6) is 0 Å². The van der Waals surface area contributed by atoms with E-state index in [1.54, 1.807) is 17.3 Å². The lowest BCUT2D eigenvalue weighted by Crippen LogP contribution is -2.49. The number of pyridine rings is 1. The van der Waals surface area contributed by atoms with E-state index in [0.29, 0.717) is 13.1 Å². The summed E-state index contributed by atoms with van der Waals surface area (Å²) in [6, 6.07) is 0.203. The lowest BCUT2D eigenvalue weighted by molar-refractivity contribution is -0.0586. The van der Waals surface area contributed by atoms with Crippen LogP contribution in [0.1, 0.15) is 93.5 Å². The molecule has 1 saturated heterocycles. The van der Waals surface area contributed by atoms with Gasteiger partial charge in [-0.25, -0.2) is 0 Å². The Hall–Kier alpha value is -2.15. The number of hydrogen-bond donors (Lipinski definition) is 1. The molecule has 0 radical (unpaired) electrons. The number of aromatic nitrogens is 1. The lowest BCUT2D eigenvalue weighted by atomic mass is 9.95. The minimum atomic E-state index is -0.499. The van der Waals surface area contributed by atoms with Crippen LogP contribution in [0.4, 0.5) is 0 Å². The van der Waals surface area contributed by atoms with E-state index in [2.05, 4.69) is 5.32 Å². The summed E-state index contributed by atoms with van der Waals surface area (Å²) >= 11 is 0. The quantitative estimate of drug-likeness (QED) is 0.819. The molecule has 2 heterocycles. The third kappa shape index (κ3) is 5.31. The fourth-order valence-corrected chi connectivity index (χ4v) is 4.42. The van der Waals surface area contributed by atoms with E-state index in [-0.39, 0.29) is 35.3 Å². The number of hydrogen-bond acceptors (Lipinski definition) is 4. The van der Waals surface area contributed by atoms with Gasteiger partial charge in [0.2, 0.25) is 5.43 Å². The fourth-order valence-electron chi connectivity index (χ4n) is 4.42. The molecule has 1 aromatic rings. The monoisotopic (exact) mass is 417 g/mol. The second kappa shape index (κ2) is 8.92. The number of carbonyl (C=O) groups is 2. The predicted octanol–water partition coefficient (Wildman–Crippen LogP) is 3.13. The van der Waals surface area contributed by atoms with Gasteiger partial charge in [0.15, 0.2) is 0 Å². The first-order chi connectivity index (χ1) is 14.0. The fraction of sp³-hybridized carbons (Fsp3) is 0.696. The second-order valence-electron chi connectivity index (χ2n) is 9.83. The molecule has 0 unspecified atom stereocenters. The van der Waals surface area contributed by atoms with E-state index < -0.39 is 16.9 Å². The van der Waals surface area contributed by atoms with Crippen LogP contribution in [0, 0.1) is 0 Å². The van der Waals surface area contributed by atoms with Crippen LogP contribution < -0.4 is 10.7 Å². The zero-order valence-corrected chi connectivity index (χ0v) is 18.9. The third-order valence-electron chi connectivity index (χ3n) is 5.71. The van der Waals surface area contributed by atoms with Crippen molar-refractivity contribution in [1.82, 2.24) is 14.8 Å². The molecule has 1 saturated carbocycles. The molecule has 2 fully saturated rings. The third-order valence-corrected chi connectivity index (χ3v) is 5.71. The molecule has 0 spiro atoms. The summed E-state index contributed by atoms with van der Waals surface area (Å²) in [6.45, 7) is 10.3. The Balaban J connectivity index is 2.02. The van der Waals surface area contributed by atoms with Gasteiger partial charge in [-0.15, -0.1) is 0 Å². The van der Waals surface area contributed by atoms with Gasteiger partial charge in [-0.1, -0.05) is 19.3 Å². The van der Waals surface area contributed by atoms with E-state index in [4.69, 9.17) is 4.74 Å². The molecular weight excluding hydrogens is 382 g/mol. The van der Waals surface area contributed by atoms with Crippen molar-refractivity contribution in [2.24, 2.45) is 0 Å². The summed E-state index contributed by atoms with van der Waals surface area (Å²) in [5.41, 5.74) is -0.867. The Morgan fingerprint density at radius 2 is 1.57 bits per heavy atom. The molecule has 1 N–H and O–H groups in total. The summed E-state index contributed by atoms with van der Waals surface area (Å²) in [6.07, 6.45) is 8.52.